The summed E-state index contributed by atoms with van der Waals surface area (Å²) < 4.78 is 9.24. The zero-order valence-corrected chi connectivity index (χ0v) is 26.9. The van der Waals surface area contributed by atoms with Crippen LogP contribution in [0.25, 0.3) is 22.0 Å². The number of fused-ring (bicyclic) bond motifs is 1. The van der Waals surface area contributed by atoms with Gasteiger partial charge in [-0.25, -0.2) is 9.97 Å². The van der Waals surface area contributed by atoms with Crippen LogP contribution in [0.2, 0.25) is 10.2 Å². The Bertz CT molecular complexity index is 2130. The molecule has 9 heteroatoms. The van der Waals surface area contributed by atoms with Crippen molar-refractivity contribution in [1.82, 2.24) is 19.1 Å². The van der Waals surface area contributed by atoms with E-state index in [4.69, 9.17) is 32.9 Å². The van der Waals surface area contributed by atoms with Gasteiger partial charge in [-0.15, -0.1) is 0 Å². The van der Waals surface area contributed by atoms with E-state index in [1.807, 2.05) is 89.3 Å². The summed E-state index contributed by atoms with van der Waals surface area (Å²) in [5.74, 6) is 1.28. The lowest BCUT2D eigenvalue weighted by atomic mass is 9.80. The van der Waals surface area contributed by atoms with Crippen molar-refractivity contribution in [2.75, 3.05) is 7.11 Å². The molecule has 3 aromatic carbocycles. The molecule has 1 saturated carbocycles. The molecule has 1 fully saturated rings. The first-order valence-electron chi connectivity index (χ1n) is 15.1. The fourth-order valence-electron chi connectivity index (χ4n) is 6.09. The maximum absolute atomic E-state index is 13.6. The van der Waals surface area contributed by atoms with Gasteiger partial charge in [0.15, 0.2) is 5.54 Å². The minimum Gasteiger partial charge on any atom is -0.497 e. The van der Waals surface area contributed by atoms with Gasteiger partial charge in [-0.2, -0.15) is 0 Å². The molecular formula is C37H31Cl2N5O2. The first-order valence-corrected chi connectivity index (χ1v) is 15.8. The van der Waals surface area contributed by atoms with E-state index in [1.165, 1.54) is 0 Å². The second-order valence-electron chi connectivity index (χ2n) is 11.7. The Labute approximate surface area is 276 Å². The summed E-state index contributed by atoms with van der Waals surface area (Å²) in [7, 11) is 3.60. The summed E-state index contributed by atoms with van der Waals surface area (Å²) in [5, 5.41) is 1.91. The lowest BCUT2D eigenvalue weighted by molar-refractivity contribution is 0.415. The number of aliphatic imine (C=N–C) groups is 1. The van der Waals surface area contributed by atoms with Crippen molar-refractivity contribution in [3.05, 3.63) is 147 Å². The average Bonchev–Trinajstić information content (AvgIpc) is 3.80. The van der Waals surface area contributed by atoms with Crippen LogP contribution in [0.15, 0.2) is 113 Å². The van der Waals surface area contributed by atoms with Gasteiger partial charge in [0.25, 0.3) is 5.56 Å². The highest BCUT2D eigenvalue weighted by atomic mass is 35.5. The quantitative estimate of drug-likeness (QED) is 0.118. The Morgan fingerprint density at radius 3 is 2.46 bits per heavy atom. The summed E-state index contributed by atoms with van der Waals surface area (Å²) in [4.78, 5) is 28.0. The van der Waals surface area contributed by atoms with Crippen LogP contribution in [0.1, 0.15) is 35.2 Å². The maximum atomic E-state index is 13.6. The fraction of sp³-hybridized carbons (Fsp3) is 0.189. The summed E-state index contributed by atoms with van der Waals surface area (Å²) in [6.45, 7) is 0.689. The van der Waals surface area contributed by atoms with Gasteiger partial charge >= 0.3 is 0 Å². The topological polar surface area (TPSA) is 74.3 Å². The van der Waals surface area contributed by atoms with Gasteiger partial charge in [0, 0.05) is 48.0 Å². The van der Waals surface area contributed by atoms with Crippen LogP contribution in [-0.2, 0) is 19.1 Å². The highest BCUT2D eigenvalue weighted by Gasteiger charge is 2.39. The van der Waals surface area contributed by atoms with E-state index in [1.54, 1.807) is 31.8 Å². The van der Waals surface area contributed by atoms with Crippen LogP contribution in [0.5, 0.6) is 5.75 Å². The molecule has 7 rings (SSSR count). The molecule has 0 bridgehead atoms. The van der Waals surface area contributed by atoms with Gasteiger partial charge < -0.3 is 13.9 Å². The smallest absolute Gasteiger partial charge is 0.251 e. The third-order valence-electron chi connectivity index (χ3n) is 8.66. The van der Waals surface area contributed by atoms with Crippen molar-refractivity contribution < 1.29 is 4.74 Å². The number of ether oxygens (including phenoxy) is 1. The number of aryl methyl sites for hydroxylation is 1. The molecule has 0 radical (unpaired) electrons. The van der Waals surface area contributed by atoms with E-state index in [2.05, 4.69) is 22.1 Å². The van der Waals surface area contributed by atoms with E-state index in [0.29, 0.717) is 22.6 Å². The molecule has 0 saturated heterocycles. The summed E-state index contributed by atoms with van der Waals surface area (Å²) >= 11 is 12.8. The number of imidazole rings is 1. The van der Waals surface area contributed by atoms with Crippen molar-refractivity contribution in [2.45, 2.75) is 24.9 Å². The van der Waals surface area contributed by atoms with E-state index >= 15 is 0 Å². The van der Waals surface area contributed by atoms with E-state index < -0.39 is 5.54 Å². The highest BCUT2D eigenvalue weighted by Crippen LogP contribution is 2.43. The molecule has 1 unspecified atom stereocenters. The fourth-order valence-corrected chi connectivity index (χ4v) is 6.39. The molecule has 0 aliphatic heterocycles. The number of aromatic nitrogens is 4. The van der Waals surface area contributed by atoms with Gasteiger partial charge in [-0.3, -0.25) is 9.79 Å². The van der Waals surface area contributed by atoms with Gasteiger partial charge in [-0.1, -0.05) is 47.5 Å². The third-order valence-corrected chi connectivity index (χ3v) is 9.12. The number of halogens is 2. The van der Waals surface area contributed by atoms with Crippen molar-refractivity contribution >= 4 is 40.3 Å². The maximum Gasteiger partial charge on any atom is 0.251 e. The van der Waals surface area contributed by atoms with Crippen molar-refractivity contribution in [3.8, 4) is 16.9 Å². The molecule has 7 nitrogen and oxygen atoms in total. The Balaban J connectivity index is 1.54. The van der Waals surface area contributed by atoms with Gasteiger partial charge in [-0.05, 0) is 95.6 Å². The Hall–Kier alpha value is -4.72. The largest absolute Gasteiger partial charge is 0.497 e. The minimum atomic E-state index is -1.08. The number of hydrogen-bond acceptors (Lipinski definition) is 5. The molecule has 6 aromatic rings. The van der Waals surface area contributed by atoms with Crippen LogP contribution in [0.3, 0.4) is 0 Å². The van der Waals surface area contributed by atoms with Gasteiger partial charge in [0.2, 0.25) is 0 Å². The SMILES string of the molecule is COc1ccc(/C=N/C(c2ccc(Cl)nc2)(c2ccc3c(c2)c(-c2cccc(Cl)c2)cc(=O)n3CC2CC2)c2cncn2C)cc1. The number of methoxy groups -OCH3 is 1. The van der Waals surface area contributed by atoms with Crippen molar-refractivity contribution in [1.29, 1.82) is 0 Å². The highest BCUT2D eigenvalue weighted by molar-refractivity contribution is 6.31. The van der Waals surface area contributed by atoms with Gasteiger partial charge in [0.05, 0.1) is 30.8 Å². The molecule has 230 valence electrons. The normalized spacial score (nSPS) is 14.5. The second-order valence-corrected chi connectivity index (χ2v) is 12.5. The predicted molar refractivity (Wildman–Crippen MR) is 184 cm³/mol. The molecule has 0 amide bonds. The van der Waals surface area contributed by atoms with Crippen molar-refractivity contribution in [3.63, 3.8) is 0 Å². The molecule has 1 atom stereocenters. The third kappa shape index (κ3) is 5.61. The molecular weight excluding hydrogens is 617 g/mol. The second kappa shape index (κ2) is 12.2. The summed E-state index contributed by atoms with van der Waals surface area (Å²) in [5.41, 5.74) is 4.83. The van der Waals surface area contributed by atoms with Crippen LogP contribution in [-0.4, -0.2) is 32.4 Å². The first-order chi connectivity index (χ1) is 22.4. The molecule has 1 aliphatic carbocycles. The van der Waals surface area contributed by atoms with E-state index in [0.717, 1.165) is 63.0 Å². The molecule has 0 spiro atoms. The minimum absolute atomic E-state index is 0.0283. The van der Waals surface area contributed by atoms with Crippen LogP contribution in [0.4, 0.5) is 0 Å². The van der Waals surface area contributed by atoms with Gasteiger partial charge in [0.1, 0.15) is 10.9 Å². The first kappa shape index (κ1) is 30.0. The summed E-state index contributed by atoms with van der Waals surface area (Å²) in [6, 6.07) is 27.0. The standard InChI is InChI=1S/C37H31Cl2N5O2/c1-43-23-40-21-34(43)37(28-11-15-35(39)41-20-28,42-19-24-8-12-30(46-2)13-9-24)27-10-14-33-32(17-27)31(26-4-3-5-29(38)16-26)18-36(45)44(33)22-25-6-7-25/h3-5,8-21,23,25H,6-7,22H2,1-2H3/b42-19+. The Morgan fingerprint density at radius 2 is 1.78 bits per heavy atom. The molecule has 0 N–H and O–H groups in total. The van der Waals surface area contributed by atoms with Crippen LogP contribution >= 0.6 is 23.2 Å². The zero-order valence-electron chi connectivity index (χ0n) is 25.4. The molecule has 46 heavy (non-hydrogen) atoms. The molecule has 3 aromatic heterocycles. The number of benzene rings is 3. The predicted octanol–water partition coefficient (Wildman–Crippen LogP) is 7.93. The number of rotatable bonds is 9. The number of hydrogen-bond donors (Lipinski definition) is 0. The lowest BCUT2D eigenvalue weighted by Crippen LogP contribution is -2.30. The number of pyridine rings is 2. The van der Waals surface area contributed by atoms with Crippen molar-refractivity contribution in [2.24, 2.45) is 18.0 Å². The van der Waals surface area contributed by atoms with Crippen LogP contribution < -0.4 is 10.3 Å². The zero-order chi connectivity index (χ0) is 31.8. The lowest BCUT2D eigenvalue weighted by Gasteiger charge is -2.32. The Kier molecular flexibility index (Phi) is 7.97. The van der Waals surface area contributed by atoms with E-state index in [-0.39, 0.29) is 5.56 Å². The Morgan fingerprint density at radius 1 is 0.978 bits per heavy atom. The summed E-state index contributed by atoms with van der Waals surface area (Å²) in [6.07, 6.45) is 9.48. The van der Waals surface area contributed by atoms with E-state index in [9.17, 15) is 4.79 Å². The molecule has 1 aliphatic rings. The van der Waals surface area contributed by atoms with Crippen LogP contribution in [0, 0.1) is 5.92 Å². The average molecular weight is 649 g/mol. The number of nitrogens with zero attached hydrogens (tertiary/aromatic N) is 5. The monoisotopic (exact) mass is 647 g/mol. The molecule has 3 heterocycles.